The molecular weight excluding hydrogens is 532 g/mol. The molecule has 2 fully saturated rings. The van der Waals surface area contributed by atoms with Crippen LogP contribution in [-0.2, 0) is 20.8 Å². The van der Waals surface area contributed by atoms with Crippen LogP contribution in [-0.4, -0.2) is 77.7 Å². The lowest BCUT2D eigenvalue weighted by Gasteiger charge is -2.33. The van der Waals surface area contributed by atoms with E-state index in [-0.39, 0.29) is 18.8 Å². The van der Waals surface area contributed by atoms with Crippen molar-refractivity contribution < 1.29 is 28.9 Å². The molecule has 2 saturated heterocycles. The molecule has 0 aliphatic carbocycles. The van der Waals surface area contributed by atoms with E-state index >= 15 is 0 Å². The molecule has 8 nitrogen and oxygen atoms in total. The number of aliphatic hydroxyl groups excluding tert-OH is 1. The quantitative estimate of drug-likeness (QED) is 0.351. The van der Waals surface area contributed by atoms with Crippen molar-refractivity contribution in [3.63, 3.8) is 0 Å². The average molecular weight is 583 g/mol. The van der Waals surface area contributed by atoms with Gasteiger partial charge in [0.25, 0.3) is 0 Å². The van der Waals surface area contributed by atoms with Crippen molar-refractivity contribution in [2.75, 3.05) is 39.4 Å². The smallest absolute Gasteiger partial charge is 0.410 e. The van der Waals surface area contributed by atoms with E-state index in [4.69, 9.17) is 30.9 Å². The van der Waals surface area contributed by atoms with Crippen molar-refractivity contribution >= 4 is 23.8 Å². The molecule has 0 spiro atoms. The fourth-order valence-electron chi connectivity index (χ4n) is 4.66. The summed E-state index contributed by atoms with van der Waals surface area (Å²) in [5.41, 5.74) is 0.293. The number of hydrogen-bond donors (Lipinski definition) is 1. The first-order valence-corrected chi connectivity index (χ1v) is 15.0. The van der Waals surface area contributed by atoms with Crippen LogP contribution in [0.25, 0.3) is 0 Å². The van der Waals surface area contributed by atoms with E-state index in [0.717, 1.165) is 81.9 Å². The number of hydrogen-bond acceptors (Lipinski definition) is 6. The first-order valence-electron chi connectivity index (χ1n) is 14.6. The number of ether oxygens (including phenoxy) is 3. The Balaban J connectivity index is 0.000000305. The van der Waals surface area contributed by atoms with Gasteiger partial charge in [0.15, 0.2) is 0 Å². The predicted molar refractivity (Wildman–Crippen MR) is 158 cm³/mol. The Hall–Kier alpha value is -2.03. The van der Waals surface area contributed by atoms with Gasteiger partial charge in [0, 0.05) is 44.4 Å². The number of nitrogens with zero attached hydrogens (tertiary/aromatic N) is 2. The molecule has 0 saturated carbocycles. The van der Waals surface area contributed by atoms with Crippen LogP contribution >= 0.6 is 11.6 Å². The van der Waals surface area contributed by atoms with Crippen molar-refractivity contribution in [1.29, 1.82) is 0 Å². The summed E-state index contributed by atoms with van der Waals surface area (Å²) in [6.07, 6.45) is 5.46. The summed E-state index contributed by atoms with van der Waals surface area (Å²) in [6, 6.07) is 7.74. The second-order valence-electron chi connectivity index (χ2n) is 12.8. The number of carbonyl (C=O) groups is 2. The summed E-state index contributed by atoms with van der Waals surface area (Å²) in [5, 5.41) is 9.59. The van der Waals surface area contributed by atoms with E-state index < -0.39 is 11.2 Å². The second kappa shape index (κ2) is 16.4. The Kier molecular flexibility index (Phi) is 14.0. The van der Waals surface area contributed by atoms with Gasteiger partial charge < -0.3 is 29.1 Å². The van der Waals surface area contributed by atoms with Crippen molar-refractivity contribution in [3.8, 4) is 0 Å². The van der Waals surface area contributed by atoms with Gasteiger partial charge in [-0.15, -0.1) is 0 Å². The highest BCUT2D eigenvalue weighted by atomic mass is 35.5. The van der Waals surface area contributed by atoms with Gasteiger partial charge >= 0.3 is 12.2 Å². The van der Waals surface area contributed by atoms with E-state index in [9.17, 15) is 9.59 Å². The van der Waals surface area contributed by atoms with Gasteiger partial charge in [0.05, 0.1) is 6.61 Å². The Morgan fingerprint density at radius 2 is 1.23 bits per heavy atom. The lowest BCUT2D eigenvalue weighted by atomic mass is 9.94. The molecule has 0 bridgehead atoms. The van der Waals surface area contributed by atoms with Gasteiger partial charge in [-0.3, -0.25) is 0 Å². The minimum atomic E-state index is -0.427. The number of carbonyl (C=O) groups excluding carboxylic acids is 2. The highest BCUT2D eigenvalue weighted by Gasteiger charge is 2.27. The number of benzene rings is 1. The summed E-state index contributed by atoms with van der Waals surface area (Å²) in [4.78, 5) is 27.3. The van der Waals surface area contributed by atoms with E-state index in [2.05, 4.69) is 0 Å². The lowest BCUT2D eigenvalue weighted by molar-refractivity contribution is 0.0158. The number of likely N-dealkylation sites (tertiary alicyclic amines) is 2. The van der Waals surface area contributed by atoms with E-state index in [1.165, 1.54) is 0 Å². The molecule has 2 heterocycles. The van der Waals surface area contributed by atoms with Crippen molar-refractivity contribution in [1.82, 2.24) is 9.80 Å². The summed E-state index contributed by atoms with van der Waals surface area (Å²) in [7, 11) is 0. The molecule has 3 rings (SSSR count). The first-order chi connectivity index (χ1) is 18.8. The molecule has 0 atom stereocenters. The Bertz CT molecular complexity index is 881. The van der Waals surface area contributed by atoms with E-state index in [1.54, 1.807) is 4.90 Å². The number of piperidine rings is 2. The van der Waals surface area contributed by atoms with Crippen LogP contribution in [0.4, 0.5) is 9.59 Å². The van der Waals surface area contributed by atoms with Gasteiger partial charge in [0.1, 0.15) is 11.2 Å². The van der Waals surface area contributed by atoms with Crippen LogP contribution in [0, 0.1) is 11.8 Å². The number of halogens is 1. The molecule has 0 unspecified atom stereocenters. The molecular formula is C31H51ClN2O6. The minimum Gasteiger partial charge on any atom is -0.444 e. The Morgan fingerprint density at radius 3 is 1.62 bits per heavy atom. The molecule has 2 aliphatic heterocycles. The summed E-state index contributed by atoms with van der Waals surface area (Å²) >= 11 is 5.87. The third-order valence-electron chi connectivity index (χ3n) is 6.92. The van der Waals surface area contributed by atoms with Crippen LogP contribution in [0.2, 0.25) is 5.02 Å². The van der Waals surface area contributed by atoms with Crippen molar-refractivity contribution in [2.24, 2.45) is 11.8 Å². The van der Waals surface area contributed by atoms with Gasteiger partial charge in [-0.25, -0.2) is 9.59 Å². The topological polar surface area (TPSA) is 88.5 Å². The second-order valence-corrected chi connectivity index (χ2v) is 13.2. The maximum absolute atomic E-state index is 12.0. The van der Waals surface area contributed by atoms with Crippen LogP contribution < -0.4 is 0 Å². The third kappa shape index (κ3) is 14.0. The largest absolute Gasteiger partial charge is 0.444 e. The summed E-state index contributed by atoms with van der Waals surface area (Å²) in [5.74, 6) is 1.18. The van der Waals surface area contributed by atoms with Crippen LogP contribution in [0.1, 0.15) is 85.6 Å². The Morgan fingerprint density at radius 1 is 0.800 bits per heavy atom. The maximum Gasteiger partial charge on any atom is 0.410 e. The van der Waals surface area contributed by atoms with Gasteiger partial charge in [-0.2, -0.15) is 0 Å². The molecule has 228 valence electrons. The van der Waals surface area contributed by atoms with Gasteiger partial charge in [-0.1, -0.05) is 23.7 Å². The molecule has 40 heavy (non-hydrogen) atoms. The zero-order valence-corrected chi connectivity index (χ0v) is 26.2. The zero-order valence-electron chi connectivity index (χ0n) is 25.4. The predicted octanol–water partition coefficient (Wildman–Crippen LogP) is 6.91. The van der Waals surface area contributed by atoms with Crippen LogP contribution in [0.3, 0.4) is 0 Å². The number of aliphatic hydroxyl groups is 1. The summed E-state index contributed by atoms with van der Waals surface area (Å²) < 4.78 is 16.5. The Labute approximate surface area is 246 Å². The van der Waals surface area contributed by atoms with E-state index in [1.807, 2.05) is 70.7 Å². The number of rotatable bonds is 7. The minimum absolute atomic E-state index is 0.195. The molecule has 2 amide bonds. The lowest BCUT2D eigenvalue weighted by Crippen LogP contribution is -2.41. The standard InChI is InChI=1S/C19H28ClNO3.C12H23NO3/c1-19(2,3)24-18(22)21-11-8-15(9-12-21)10-13-23-14-16-4-6-17(20)7-5-16;1-12(2,3)16-11(15)13-7-4-10(5-8-13)6-9-14/h4-7,15H,8-14H2,1-3H3;10,14H,4-9H2,1-3H3. The van der Waals surface area contributed by atoms with Crippen LogP contribution in [0.5, 0.6) is 0 Å². The highest BCUT2D eigenvalue weighted by molar-refractivity contribution is 6.30. The maximum atomic E-state index is 12.0. The SMILES string of the molecule is CC(C)(C)OC(=O)N1CCC(CCO)CC1.CC(C)(C)OC(=O)N1CCC(CCOCc2ccc(Cl)cc2)CC1. The average Bonchev–Trinajstić information content (AvgIpc) is 2.87. The zero-order chi connectivity index (χ0) is 29.8. The van der Waals surface area contributed by atoms with Crippen molar-refractivity contribution in [2.45, 2.75) is 97.9 Å². The highest BCUT2D eigenvalue weighted by Crippen LogP contribution is 2.23. The molecule has 0 aromatic heterocycles. The monoisotopic (exact) mass is 582 g/mol. The molecule has 1 aromatic carbocycles. The fourth-order valence-corrected chi connectivity index (χ4v) is 4.79. The fraction of sp³-hybridized carbons (Fsp3) is 0.742. The van der Waals surface area contributed by atoms with Crippen LogP contribution in [0.15, 0.2) is 24.3 Å². The molecule has 2 aliphatic rings. The van der Waals surface area contributed by atoms with E-state index in [0.29, 0.717) is 18.4 Å². The molecule has 0 radical (unpaired) electrons. The summed E-state index contributed by atoms with van der Waals surface area (Å²) in [6.45, 7) is 16.0. The van der Waals surface area contributed by atoms with Crippen molar-refractivity contribution in [3.05, 3.63) is 34.9 Å². The molecule has 1 N–H and O–H groups in total. The third-order valence-corrected chi connectivity index (χ3v) is 7.17. The molecule has 1 aromatic rings. The van der Waals surface area contributed by atoms with Gasteiger partial charge in [-0.05, 0) is 110 Å². The first kappa shape index (κ1) is 34.2. The number of amides is 2. The van der Waals surface area contributed by atoms with Gasteiger partial charge in [0.2, 0.25) is 0 Å². The normalized spacial score (nSPS) is 17.2. The molecule has 9 heteroatoms.